The van der Waals surface area contributed by atoms with E-state index in [9.17, 15) is 42.1 Å². The van der Waals surface area contributed by atoms with Gasteiger partial charge in [0.25, 0.3) is 0 Å². The minimum atomic E-state index is -5.52. The van der Waals surface area contributed by atoms with Crippen LogP contribution in [0.1, 0.15) is 127 Å². The van der Waals surface area contributed by atoms with E-state index in [2.05, 4.69) is 13.0 Å². The molecule has 0 amide bonds. The van der Waals surface area contributed by atoms with Crippen molar-refractivity contribution in [3.05, 3.63) is 53.6 Å². The Morgan fingerprint density at radius 2 is 1.37 bits per heavy atom. The second-order valence-corrected chi connectivity index (χ2v) is 13.9. The fourth-order valence-corrected chi connectivity index (χ4v) is 8.42. The van der Waals surface area contributed by atoms with Gasteiger partial charge in [0.05, 0.1) is 5.92 Å². The van der Waals surface area contributed by atoms with Crippen molar-refractivity contribution >= 4 is 17.7 Å². The molecular formula is C36H49F5O4S. The molecule has 3 atom stereocenters. The number of halogens is 5. The number of fused-ring (bicyclic) bond motifs is 1. The van der Waals surface area contributed by atoms with Crippen LogP contribution in [0.2, 0.25) is 0 Å². The first-order valence-electron chi connectivity index (χ1n) is 16.7. The van der Waals surface area contributed by atoms with Gasteiger partial charge in [-0.2, -0.15) is 22.0 Å². The molecule has 1 aliphatic heterocycles. The van der Waals surface area contributed by atoms with Crippen molar-refractivity contribution in [1.29, 1.82) is 0 Å². The molecule has 2 aromatic rings. The highest BCUT2D eigenvalue weighted by atomic mass is 32.2. The topological polar surface area (TPSA) is 77.8 Å². The van der Waals surface area contributed by atoms with E-state index in [1.807, 2.05) is 18.2 Å². The summed E-state index contributed by atoms with van der Waals surface area (Å²) in [7, 11) is 0. The van der Waals surface area contributed by atoms with E-state index in [4.69, 9.17) is 0 Å². The molecule has 0 saturated carbocycles. The highest BCUT2D eigenvalue weighted by molar-refractivity contribution is 7.99. The Morgan fingerprint density at radius 1 is 0.826 bits per heavy atom. The summed E-state index contributed by atoms with van der Waals surface area (Å²) < 4.78 is 62.7. The molecule has 0 spiro atoms. The Labute approximate surface area is 274 Å². The summed E-state index contributed by atoms with van der Waals surface area (Å²) in [6.07, 6.45) is 4.24. The maximum atomic E-state index is 13.0. The van der Waals surface area contributed by atoms with Crippen LogP contribution in [-0.2, 0) is 10.2 Å². The maximum Gasteiger partial charge on any atom is 0.453 e. The van der Waals surface area contributed by atoms with Gasteiger partial charge in [0.15, 0.2) is 0 Å². The summed E-state index contributed by atoms with van der Waals surface area (Å²) in [5.41, 5.74) is 2.44. The van der Waals surface area contributed by atoms with Crippen molar-refractivity contribution in [1.82, 2.24) is 0 Å². The number of alkyl halides is 5. The number of benzene rings is 2. The number of unbranched alkanes of at least 4 members (excludes halogenated alkanes) is 9. The van der Waals surface area contributed by atoms with Gasteiger partial charge in [-0.25, -0.2) is 0 Å². The van der Waals surface area contributed by atoms with Crippen molar-refractivity contribution in [2.45, 2.75) is 138 Å². The summed E-state index contributed by atoms with van der Waals surface area (Å²) in [6, 6.07) is 13.3. The predicted octanol–water partition coefficient (Wildman–Crippen LogP) is 11.4. The van der Waals surface area contributed by atoms with Crippen LogP contribution in [-0.4, -0.2) is 39.1 Å². The molecule has 3 unspecified atom stereocenters. The molecule has 0 radical (unpaired) electrons. The minimum Gasteiger partial charge on any atom is -0.508 e. The van der Waals surface area contributed by atoms with Gasteiger partial charge in [-0.3, -0.25) is 4.79 Å². The summed E-state index contributed by atoms with van der Waals surface area (Å²) in [5, 5.41) is 29.5. The number of hydrogen-bond acceptors (Lipinski definition) is 4. The lowest BCUT2D eigenvalue weighted by Crippen LogP contribution is -2.38. The molecule has 0 bridgehead atoms. The number of rotatable bonds is 20. The molecule has 2 aromatic carbocycles. The Bertz CT molecular complexity index is 1220. The monoisotopic (exact) mass is 672 g/mol. The van der Waals surface area contributed by atoms with Crippen LogP contribution >= 0.6 is 11.8 Å². The molecule has 0 aromatic heterocycles. The highest BCUT2D eigenvalue weighted by Crippen LogP contribution is 2.54. The number of phenolic OH excluding ortho intramolecular Hbond substituents is 2. The molecule has 0 saturated heterocycles. The zero-order chi connectivity index (χ0) is 33.8. The lowest BCUT2D eigenvalue weighted by atomic mass is 9.65. The molecule has 1 heterocycles. The Hall–Kier alpha value is -2.49. The highest BCUT2D eigenvalue weighted by Gasteiger charge is 2.56. The average molecular weight is 673 g/mol. The molecule has 0 aliphatic carbocycles. The molecular weight excluding hydrogens is 623 g/mol. The van der Waals surface area contributed by atoms with Gasteiger partial charge in [0, 0.05) is 22.5 Å². The van der Waals surface area contributed by atoms with Crippen LogP contribution in [0.25, 0.3) is 0 Å². The molecule has 258 valence electrons. The second kappa shape index (κ2) is 17.6. The summed E-state index contributed by atoms with van der Waals surface area (Å²) in [5.74, 6) is -4.31. The van der Waals surface area contributed by atoms with E-state index in [0.29, 0.717) is 31.6 Å². The zero-order valence-corrected chi connectivity index (χ0v) is 27.6. The van der Waals surface area contributed by atoms with Gasteiger partial charge < -0.3 is 15.3 Å². The van der Waals surface area contributed by atoms with Crippen LogP contribution in [0.3, 0.4) is 0 Å². The van der Waals surface area contributed by atoms with E-state index < -0.39 is 30.4 Å². The molecule has 10 heteroatoms. The van der Waals surface area contributed by atoms with Gasteiger partial charge >= 0.3 is 18.1 Å². The van der Waals surface area contributed by atoms with Gasteiger partial charge in [-0.05, 0) is 73.4 Å². The summed E-state index contributed by atoms with van der Waals surface area (Å²) >= 11 is 1.79. The summed E-state index contributed by atoms with van der Waals surface area (Å²) in [4.78, 5) is 12.8. The van der Waals surface area contributed by atoms with Crippen LogP contribution in [0, 0.1) is 5.92 Å². The molecule has 3 N–H and O–H groups in total. The third kappa shape index (κ3) is 10.5. The number of aliphatic carboxylic acids is 1. The van der Waals surface area contributed by atoms with Crippen LogP contribution < -0.4 is 0 Å². The summed E-state index contributed by atoms with van der Waals surface area (Å²) in [6.45, 7) is 2.23. The average Bonchev–Trinajstić information content (AvgIpc) is 3.00. The fourth-order valence-electron chi connectivity index (χ4n) is 6.85. The van der Waals surface area contributed by atoms with Crippen molar-refractivity contribution in [3.63, 3.8) is 0 Å². The van der Waals surface area contributed by atoms with Gasteiger partial charge in [0.2, 0.25) is 0 Å². The van der Waals surface area contributed by atoms with Crippen molar-refractivity contribution < 1.29 is 42.1 Å². The smallest absolute Gasteiger partial charge is 0.453 e. The van der Waals surface area contributed by atoms with E-state index in [1.54, 1.807) is 30.0 Å². The van der Waals surface area contributed by atoms with Crippen molar-refractivity contribution in [3.8, 4) is 11.5 Å². The lowest BCUT2D eigenvalue weighted by Gasteiger charge is -2.45. The Kier molecular flexibility index (Phi) is 14.5. The first-order chi connectivity index (χ1) is 21.8. The molecule has 0 fully saturated rings. The number of carbonyl (C=O) groups is 1. The SMILES string of the molecule is CCC1(c2ccc(O)cc2)CSc2cc(O)ccc2C1CCCCCCCCCC(CCCCCCC(F)(F)C(F)(F)F)C(=O)O. The normalized spacial score (nSPS) is 19.1. The minimum absolute atomic E-state index is 0.0647. The lowest BCUT2D eigenvalue weighted by molar-refractivity contribution is -0.284. The number of carboxylic acid groups (broad SMARTS) is 1. The fraction of sp³-hybridized carbons (Fsp3) is 0.639. The third-order valence-corrected chi connectivity index (χ3v) is 11.0. The molecule has 3 rings (SSSR count). The first kappa shape index (κ1) is 38.0. The van der Waals surface area contributed by atoms with Gasteiger partial charge in [-0.15, -0.1) is 11.8 Å². The first-order valence-corrected chi connectivity index (χ1v) is 17.7. The standard InChI is InChI=1S/C36H49F5O4S/c1-2-34(27-17-19-28(42)20-18-27)25-46-32-24-29(43)21-22-30(32)31(34)16-12-7-5-3-4-6-10-14-26(33(44)45)15-11-8-9-13-23-35(37,38)36(39,40)41/h17-22,24,26,31,42-43H,2-16,23,25H2,1H3,(H,44,45). The van der Waals surface area contributed by atoms with E-state index in [1.165, 1.54) is 11.1 Å². The van der Waals surface area contributed by atoms with E-state index >= 15 is 0 Å². The number of carboxylic acids is 1. The van der Waals surface area contributed by atoms with Gasteiger partial charge in [-0.1, -0.05) is 89.3 Å². The predicted molar refractivity (Wildman–Crippen MR) is 173 cm³/mol. The number of hydrogen-bond donors (Lipinski definition) is 3. The molecule has 4 nitrogen and oxygen atoms in total. The number of phenols is 2. The van der Waals surface area contributed by atoms with Crippen LogP contribution in [0.4, 0.5) is 22.0 Å². The van der Waals surface area contributed by atoms with Gasteiger partial charge in [0.1, 0.15) is 11.5 Å². The Balaban J connectivity index is 1.37. The molecule has 46 heavy (non-hydrogen) atoms. The third-order valence-electron chi connectivity index (χ3n) is 9.70. The Morgan fingerprint density at radius 3 is 1.93 bits per heavy atom. The van der Waals surface area contributed by atoms with Crippen molar-refractivity contribution in [2.75, 3.05) is 5.75 Å². The van der Waals surface area contributed by atoms with Crippen LogP contribution in [0.15, 0.2) is 47.4 Å². The number of aromatic hydroxyl groups is 2. The zero-order valence-electron chi connectivity index (χ0n) is 26.8. The maximum absolute atomic E-state index is 13.0. The second-order valence-electron chi connectivity index (χ2n) is 12.9. The van der Waals surface area contributed by atoms with E-state index in [0.717, 1.165) is 68.4 Å². The molecule has 1 aliphatic rings. The van der Waals surface area contributed by atoms with E-state index in [-0.39, 0.29) is 29.8 Å². The number of thioether (sulfide) groups is 1. The largest absolute Gasteiger partial charge is 0.508 e. The van der Waals surface area contributed by atoms with Crippen molar-refractivity contribution in [2.24, 2.45) is 5.92 Å². The quantitative estimate of drug-likeness (QED) is 0.0964. The van der Waals surface area contributed by atoms with Crippen LogP contribution in [0.5, 0.6) is 11.5 Å².